The van der Waals surface area contributed by atoms with Crippen molar-refractivity contribution in [3.05, 3.63) is 35.9 Å². The van der Waals surface area contributed by atoms with Crippen LogP contribution in [0.4, 0.5) is 0 Å². The van der Waals surface area contributed by atoms with Gasteiger partial charge in [-0.05, 0) is 11.5 Å². The van der Waals surface area contributed by atoms with Crippen molar-refractivity contribution in [3.8, 4) is 12.1 Å². The maximum Gasteiger partial charge on any atom is 0.218 e. The Morgan fingerprint density at radius 3 is 2.36 bits per heavy atom. The van der Waals surface area contributed by atoms with Gasteiger partial charge in [0, 0.05) is 6.92 Å². The van der Waals surface area contributed by atoms with Gasteiger partial charge >= 0.3 is 0 Å². The molecule has 6 heteroatoms. The van der Waals surface area contributed by atoms with E-state index in [1.807, 2.05) is 44.2 Å². The molecular formula is C19H18N4O2. The summed E-state index contributed by atoms with van der Waals surface area (Å²) in [4.78, 5) is 4.23. The summed E-state index contributed by atoms with van der Waals surface area (Å²) in [6.07, 6.45) is -0.572. The van der Waals surface area contributed by atoms with Crippen molar-refractivity contribution >= 4 is 11.7 Å². The minimum absolute atomic E-state index is 0.0385. The van der Waals surface area contributed by atoms with Crippen LogP contribution in [0.25, 0.3) is 0 Å². The van der Waals surface area contributed by atoms with Crippen molar-refractivity contribution in [2.75, 3.05) is 0 Å². The van der Waals surface area contributed by atoms with E-state index in [9.17, 15) is 10.5 Å². The Hall–Kier alpha value is -2.70. The second kappa shape index (κ2) is 4.68. The zero-order valence-electron chi connectivity index (χ0n) is 14.3. The summed E-state index contributed by atoms with van der Waals surface area (Å²) in [6.45, 7) is 5.67. The monoisotopic (exact) mass is 334 g/mol. The van der Waals surface area contributed by atoms with Crippen molar-refractivity contribution in [2.24, 2.45) is 21.7 Å². The van der Waals surface area contributed by atoms with Crippen LogP contribution in [-0.4, -0.2) is 23.6 Å². The third kappa shape index (κ3) is 1.52. The zero-order chi connectivity index (χ0) is 18.0. The summed E-state index contributed by atoms with van der Waals surface area (Å²) >= 11 is 0. The average Bonchev–Trinajstić information content (AvgIpc) is 2.79. The highest BCUT2D eigenvalue weighted by Gasteiger charge is 2.83. The molecule has 4 heterocycles. The van der Waals surface area contributed by atoms with Crippen LogP contribution in [0.5, 0.6) is 0 Å². The fourth-order valence-corrected chi connectivity index (χ4v) is 4.76. The summed E-state index contributed by atoms with van der Waals surface area (Å²) in [6, 6.07) is 14.0. The Kier molecular flexibility index (Phi) is 2.96. The first kappa shape index (κ1) is 15.8. The van der Waals surface area contributed by atoms with E-state index in [2.05, 4.69) is 17.1 Å². The molecule has 0 aromatic heterocycles. The molecule has 25 heavy (non-hydrogen) atoms. The van der Waals surface area contributed by atoms with Gasteiger partial charge in [0.15, 0.2) is 10.8 Å². The van der Waals surface area contributed by atoms with Crippen LogP contribution in [0.1, 0.15) is 32.3 Å². The SMILES string of the molecule is CC(C)[C@H]1O[C@@]2(C)OC3=NC(=N)[C@@](C#N)([C@@H]2c2ccccc2)[C@]31C#N. The summed E-state index contributed by atoms with van der Waals surface area (Å²) < 4.78 is 12.3. The van der Waals surface area contributed by atoms with Gasteiger partial charge in [0.05, 0.1) is 24.2 Å². The van der Waals surface area contributed by atoms with Crippen LogP contribution in [0, 0.1) is 44.8 Å². The van der Waals surface area contributed by atoms with E-state index in [0.717, 1.165) is 5.56 Å². The van der Waals surface area contributed by atoms with E-state index < -0.39 is 28.6 Å². The van der Waals surface area contributed by atoms with Crippen LogP contribution < -0.4 is 0 Å². The second-order valence-corrected chi connectivity index (χ2v) is 7.35. The van der Waals surface area contributed by atoms with E-state index in [4.69, 9.17) is 14.9 Å². The first-order chi connectivity index (χ1) is 11.9. The number of hydrogen-bond donors (Lipinski definition) is 1. The quantitative estimate of drug-likeness (QED) is 0.898. The number of rotatable bonds is 2. The standard InChI is InChI=1S/C19H18N4O2/c1-11(2)14-19(10-21)16-23-15(22)18(19,9-20)13(17(3,24-14)25-16)12-7-5-4-6-8-12/h4-8,11,13-14,22H,1-3H3/t13-,14-,17+,18-,19+/m1/s1. The Morgan fingerprint density at radius 2 is 1.80 bits per heavy atom. The predicted octanol–water partition coefficient (Wildman–Crippen LogP) is 2.98. The highest BCUT2D eigenvalue weighted by atomic mass is 16.7. The van der Waals surface area contributed by atoms with Gasteiger partial charge in [0.1, 0.15) is 5.84 Å². The van der Waals surface area contributed by atoms with Crippen LogP contribution in [0.15, 0.2) is 35.3 Å². The van der Waals surface area contributed by atoms with Crippen LogP contribution in [-0.2, 0) is 9.47 Å². The molecule has 4 aliphatic rings. The van der Waals surface area contributed by atoms with Crippen molar-refractivity contribution in [2.45, 2.75) is 38.6 Å². The van der Waals surface area contributed by atoms with Gasteiger partial charge in [-0.15, -0.1) is 0 Å². The minimum Gasteiger partial charge on any atom is -0.447 e. The molecule has 6 nitrogen and oxygen atoms in total. The van der Waals surface area contributed by atoms with Crippen molar-refractivity contribution in [1.29, 1.82) is 15.9 Å². The molecule has 5 atom stereocenters. The van der Waals surface area contributed by atoms with Crippen LogP contribution in [0.2, 0.25) is 0 Å². The Bertz CT molecular complexity index is 881. The van der Waals surface area contributed by atoms with Gasteiger partial charge in [0.2, 0.25) is 11.7 Å². The molecule has 0 amide bonds. The number of nitrogens with one attached hydrogen (secondary N) is 1. The van der Waals surface area contributed by atoms with Gasteiger partial charge in [-0.2, -0.15) is 15.5 Å². The second-order valence-electron chi connectivity index (χ2n) is 7.35. The van der Waals surface area contributed by atoms with Crippen molar-refractivity contribution in [1.82, 2.24) is 0 Å². The number of aliphatic imine (C=N–C) groups is 1. The van der Waals surface area contributed by atoms with E-state index in [1.54, 1.807) is 6.92 Å². The number of hydrogen-bond acceptors (Lipinski definition) is 5. The number of fused-ring (bicyclic) bond motifs is 1. The summed E-state index contributed by atoms with van der Waals surface area (Å²) in [5, 5.41) is 29.0. The van der Waals surface area contributed by atoms with Crippen molar-refractivity contribution in [3.63, 3.8) is 0 Å². The molecule has 0 saturated carbocycles. The predicted molar refractivity (Wildman–Crippen MR) is 89.6 cm³/mol. The highest BCUT2D eigenvalue weighted by molar-refractivity contribution is 6.13. The summed E-state index contributed by atoms with van der Waals surface area (Å²) in [7, 11) is 0. The smallest absolute Gasteiger partial charge is 0.218 e. The lowest BCUT2D eigenvalue weighted by molar-refractivity contribution is -0.321. The molecule has 1 aromatic rings. The lowest BCUT2D eigenvalue weighted by Crippen LogP contribution is -2.73. The van der Waals surface area contributed by atoms with E-state index in [1.165, 1.54) is 0 Å². The average molecular weight is 334 g/mol. The molecular weight excluding hydrogens is 316 g/mol. The van der Waals surface area contributed by atoms with Gasteiger partial charge < -0.3 is 9.47 Å². The molecule has 0 unspecified atom stereocenters. The molecule has 4 aliphatic heterocycles. The molecule has 3 saturated heterocycles. The Labute approximate surface area is 146 Å². The number of nitriles is 2. The van der Waals surface area contributed by atoms with E-state index >= 15 is 0 Å². The van der Waals surface area contributed by atoms with E-state index in [0.29, 0.717) is 0 Å². The maximum atomic E-state index is 10.3. The number of nitrogens with zero attached hydrogens (tertiary/aromatic N) is 3. The maximum absolute atomic E-state index is 10.3. The van der Waals surface area contributed by atoms with Gasteiger partial charge in [-0.25, -0.2) is 0 Å². The summed E-state index contributed by atoms with van der Waals surface area (Å²) in [5.74, 6) is -1.78. The van der Waals surface area contributed by atoms with Crippen molar-refractivity contribution < 1.29 is 9.47 Å². The first-order valence-electron chi connectivity index (χ1n) is 8.30. The minimum atomic E-state index is -1.43. The van der Waals surface area contributed by atoms with Gasteiger partial charge in [-0.1, -0.05) is 44.2 Å². The zero-order valence-corrected chi connectivity index (χ0v) is 14.3. The molecule has 1 N–H and O–H groups in total. The molecule has 3 fully saturated rings. The molecule has 0 aliphatic carbocycles. The normalized spacial score (nSPS) is 41.0. The molecule has 126 valence electrons. The van der Waals surface area contributed by atoms with Gasteiger partial charge in [-0.3, -0.25) is 5.41 Å². The van der Waals surface area contributed by atoms with Gasteiger partial charge in [0.25, 0.3) is 0 Å². The molecule has 0 radical (unpaired) electrons. The third-order valence-electron chi connectivity index (χ3n) is 5.68. The number of amidine groups is 1. The molecule has 4 bridgehead atoms. The number of ether oxygens (including phenoxy) is 2. The molecule has 5 rings (SSSR count). The fourth-order valence-electron chi connectivity index (χ4n) is 4.76. The topological polar surface area (TPSA) is 102 Å². The largest absolute Gasteiger partial charge is 0.447 e. The Morgan fingerprint density at radius 1 is 1.16 bits per heavy atom. The van der Waals surface area contributed by atoms with Crippen LogP contribution in [0.3, 0.4) is 0 Å². The number of benzene rings is 1. The lowest BCUT2D eigenvalue weighted by atomic mass is 9.49. The lowest BCUT2D eigenvalue weighted by Gasteiger charge is -2.61. The molecule has 0 spiro atoms. The van der Waals surface area contributed by atoms with Crippen LogP contribution >= 0.6 is 0 Å². The Balaban J connectivity index is 2.07. The third-order valence-corrected chi connectivity index (χ3v) is 5.68. The first-order valence-corrected chi connectivity index (χ1v) is 8.30. The fraction of sp³-hybridized carbons (Fsp3) is 0.474. The van der Waals surface area contributed by atoms with E-state index in [-0.39, 0.29) is 17.7 Å². The highest BCUT2D eigenvalue weighted by Crippen LogP contribution is 2.69. The molecule has 1 aromatic carbocycles. The summed E-state index contributed by atoms with van der Waals surface area (Å²) in [5.41, 5.74) is -2.04.